The lowest BCUT2D eigenvalue weighted by atomic mass is 9.90. The Morgan fingerprint density at radius 3 is 2.67 bits per heavy atom. The van der Waals surface area contributed by atoms with Gasteiger partial charge in [-0.1, -0.05) is 30.3 Å². The Balaban J connectivity index is 1.95. The maximum atomic E-state index is 5.25. The van der Waals surface area contributed by atoms with Crippen molar-refractivity contribution in [2.75, 3.05) is 18.6 Å². The molecule has 1 aliphatic rings. The van der Waals surface area contributed by atoms with Crippen LogP contribution in [0.2, 0.25) is 0 Å². The van der Waals surface area contributed by atoms with E-state index in [1.54, 1.807) is 7.11 Å². The summed E-state index contributed by atoms with van der Waals surface area (Å²) in [6.45, 7) is 4.98. The summed E-state index contributed by atoms with van der Waals surface area (Å²) in [7, 11) is 1.70. The fourth-order valence-corrected chi connectivity index (χ4v) is 3.15. The van der Waals surface area contributed by atoms with Gasteiger partial charge in [0.05, 0.1) is 13.2 Å². The van der Waals surface area contributed by atoms with Gasteiger partial charge < -0.3 is 9.64 Å². The molecule has 0 saturated heterocycles. The molecule has 2 aromatic rings. The highest BCUT2D eigenvalue weighted by Crippen LogP contribution is 2.36. The Morgan fingerprint density at radius 1 is 1.19 bits per heavy atom. The third-order valence-corrected chi connectivity index (χ3v) is 4.21. The van der Waals surface area contributed by atoms with E-state index in [4.69, 9.17) is 4.74 Å². The van der Waals surface area contributed by atoms with Gasteiger partial charge in [0.1, 0.15) is 5.75 Å². The highest BCUT2D eigenvalue weighted by molar-refractivity contribution is 5.54. The highest BCUT2D eigenvalue weighted by Gasteiger charge is 2.26. The molecule has 0 N–H and O–H groups in total. The number of anilines is 1. The molecule has 108 valence electrons. The molecule has 1 aliphatic heterocycles. The fraction of sp³-hybridized carbons (Fsp3) is 0.263. The van der Waals surface area contributed by atoms with Crippen molar-refractivity contribution in [3.63, 3.8) is 0 Å². The molecule has 0 aliphatic carbocycles. The zero-order valence-electron chi connectivity index (χ0n) is 12.5. The summed E-state index contributed by atoms with van der Waals surface area (Å²) < 4.78 is 5.25. The summed E-state index contributed by atoms with van der Waals surface area (Å²) in [4.78, 5) is 2.48. The van der Waals surface area contributed by atoms with Crippen LogP contribution < -0.4 is 9.64 Å². The molecule has 0 amide bonds. The molecule has 0 fully saturated rings. The molecule has 3 rings (SSSR count). The molecule has 21 heavy (non-hydrogen) atoms. The zero-order chi connectivity index (χ0) is 14.7. The summed E-state index contributed by atoms with van der Waals surface area (Å²) in [5.41, 5.74) is 4.14. The van der Waals surface area contributed by atoms with Crippen molar-refractivity contribution < 1.29 is 4.74 Å². The first-order valence-corrected chi connectivity index (χ1v) is 7.43. The van der Waals surface area contributed by atoms with E-state index >= 15 is 0 Å². The standard InChI is InChI=1S/C19H21NO/c1-3-6-19-18-8-5-4-7-15(18)13-14-20(19)16-9-11-17(21-2)12-10-16/h3-5,7-12,19H,1,6,13-14H2,2H3. The predicted octanol–water partition coefficient (Wildman–Crippen LogP) is 4.38. The van der Waals surface area contributed by atoms with Crippen molar-refractivity contribution in [1.29, 1.82) is 0 Å². The molecule has 2 nitrogen and oxygen atoms in total. The van der Waals surface area contributed by atoms with Gasteiger partial charge >= 0.3 is 0 Å². The van der Waals surface area contributed by atoms with Crippen molar-refractivity contribution in [3.05, 3.63) is 72.3 Å². The Labute approximate surface area is 126 Å². The minimum atomic E-state index is 0.376. The second-order valence-electron chi connectivity index (χ2n) is 5.38. The Morgan fingerprint density at radius 2 is 1.95 bits per heavy atom. The Bertz CT molecular complexity index is 618. The fourth-order valence-electron chi connectivity index (χ4n) is 3.15. The largest absolute Gasteiger partial charge is 0.497 e. The van der Waals surface area contributed by atoms with Crippen LogP contribution in [0.3, 0.4) is 0 Å². The van der Waals surface area contributed by atoms with Gasteiger partial charge in [0.15, 0.2) is 0 Å². The van der Waals surface area contributed by atoms with E-state index < -0.39 is 0 Å². The van der Waals surface area contributed by atoms with E-state index in [1.165, 1.54) is 16.8 Å². The van der Waals surface area contributed by atoms with Crippen LogP contribution in [0.25, 0.3) is 0 Å². The number of hydrogen-bond donors (Lipinski definition) is 0. The number of methoxy groups -OCH3 is 1. The minimum absolute atomic E-state index is 0.376. The van der Waals surface area contributed by atoms with Gasteiger partial charge in [-0.05, 0) is 48.2 Å². The van der Waals surface area contributed by atoms with Crippen molar-refractivity contribution in [2.24, 2.45) is 0 Å². The van der Waals surface area contributed by atoms with Crippen LogP contribution in [-0.4, -0.2) is 13.7 Å². The van der Waals surface area contributed by atoms with Crippen LogP contribution in [0.15, 0.2) is 61.2 Å². The molecule has 0 spiro atoms. The summed E-state index contributed by atoms with van der Waals surface area (Å²) in [6, 6.07) is 17.5. The van der Waals surface area contributed by atoms with E-state index in [2.05, 4.69) is 47.9 Å². The first kappa shape index (κ1) is 13.7. The van der Waals surface area contributed by atoms with E-state index in [0.717, 1.165) is 25.1 Å². The molecule has 1 unspecified atom stereocenters. The van der Waals surface area contributed by atoms with Crippen molar-refractivity contribution in [1.82, 2.24) is 0 Å². The minimum Gasteiger partial charge on any atom is -0.497 e. The quantitative estimate of drug-likeness (QED) is 0.770. The molecule has 0 saturated carbocycles. The molecule has 0 bridgehead atoms. The molecule has 1 atom stereocenters. The lowest BCUT2D eigenvalue weighted by Crippen LogP contribution is -2.35. The number of fused-ring (bicyclic) bond motifs is 1. The Kier molecular flexibility index (Phi) is 3.96. The van der Waals surface area contributed by atoms with Crippen LogP contribution in [-0.2, 0) is 6.42 Å². The van der Waals surface area contributed by atoms with Gasteiger partial charge in [0, 0.05) is 12.2 Å². The lowest BCUT2D eigenvalue weighted by Gasteiger charge is -2.38. The topological polar surface area (TPSA) is 12.5 Å². The molecular formula is C19H21NO. The van der Waals surface area contributed by atoms with Gasteiger partial charge in [-0.15, -0.1) is 6.58 Å². The Hall–Kier alpha value is -2.22. The van der Waals surface area contributed by atoms with Gasteiger partial charge in [-0.25, -0.2) is 0 Å². The van der Waals surface area contributed by atoms with E-state index in [0.29, 0.717) is 6.04 Å². The molecule has 1 heterocycles. The van der Waals surface area contributed by atoms with E-state index in [1.807, 2.05) is 18.2 Å². The van der Waals surface area contributed by atoms with E-state index in [9.17, 15) is 0 Å². The third-order valence-electron chi connectivity index (χ3n) is 4.21. The number of hydrogen-bond acceptors (Lipinski definition) is 2. The van der Waals surface area contributed by atoms with Crippen LogP contribution in [0.4, 0.5) is 5.69 Å². The van der Waals surface area contributed by atoms with Crippen molar-refractivity contribution in [2.45, 2.75) is 18.9 Å². The molecular weight excluding hydrogens is 258 g/mol. The number of nitrogens with zero attached hydrogens (tertiary/aromatic N) is 1. The summed E-state index contributed by atoms with van der Waals surface area (Å²) >= 11 is 0. The highest BCUT2D eigenvalue weighted by atomic mass is 16.5. The molecule has 0 radical (unpaired) electrons. The summed E-state index contributed by atoms with van der Waals surface area (Å²) in [5.74, 6) is 0.899. The normalized spacial score (nSPS) is 17.2. The first-order valence-electron chi connectivity index (χ1n) is 7.43. The van der Waals surface area contributed by atoms with E-state index in [-0.39, 0.29) is 0 Å². The lowest BCUT2D eigenvalue weighted by molar-refractivity contribution is 0.414. The van der Waals surface area contributed by atoms with Gasteiger partial charge in [-0.2, -0.15) is 0 Å². The average molecular weight is 279 g/mol. The zero-order valence-corrected chi connectivity index (χ0v) is 12.5. The first-order chi connectivity index (χ1) is 10.3. The maximum Gasteiger partial charge on any atom is 0.119 e. The van der Waals surface area contributed by atoms with Gasteiger partial charge in [-0.3, -0.25) is 0 Å². The van der Waals surface area contributed by atoms with Gasteiger partial charge in [0.2, 0.25) is 0 Å². The molecule has 2 heteroatoms. The van der Waals surface area contributed by atoms with Crippen LogP contribution in [0, 0.1) is 0 Å². The summed E-state index contributed by atoms with van der Waals surface area (Å²) in [6.07, 6.45) is 4.07. The predicted molar refractivity (Wildman–Crippen MR) is 88.0 cm³/mol. The van der Waals surface area contributed by atoms with Crippen molar-refractivity contribution in [3.8, 4) is 5.75 Å². The van der Waals surface area contributed by atoms with Crippen LogP contribution >= 0.6 is 0 Å². The second-order valence-corrected chi connectivity index (χ2v) is 5.38. The van der Waals surface area contributed by atoms with Crippen LogP contribution in [0.1, 0.15) is 23.6 Å². The smallest absolute Gasteiger partial charge is 0.119 e. The number of rotatable bonds is 4. The third kappa shape index (κ3) is 2.66. The number of ether oxygens (including phenoxy) is 1. The molecule has 0 aromatic heterocycles. The SMILES string of the molecule is C=CCC1c2ccccc2CCN1c1ccc(OC)cc1. The number of benzene rings is 2. The summed E-state index contributed by atoms with van der Waals surface area (Å²) in [5, 5.41) is 0. The maximum absolute atomic E-state index is 5.25. The van der Waals surface area contributed by atoms with Crippen LogP contribution in [0.5, 0.6) is 5.75 Å². The monoisotopic (exact) mass is 279 g/mol. The second kappa shape index (κ2) is 6.04. The average Bonchev–Trinajstić information content (AvgIpc) is 2.55. The molecule has 2 aromatic carbocycles. The van der Waals surface area contributed by atoms with Gasteiger partial charge in [0.25, 0.3) is 0 Å². The van der Waals surface area contributed by atoms with Crippen molar-refractivity contribution >= 4 is 5.69 Å².